The number of thioether (sulfide) groups is 1. The molecule has 25 heavy (non-hydrogen) atoms. The minimum Gasteiger partial charge on any atom is -0.487 e. The van der Waals surface area contributed by atoms with E-state index >= 15 is 0 Å². The second-order valence-corrected chi connectivity index (χ2v) is 6.59. The second-order valence-electron chi connectivity index (χ2n) is 5.50. The molecule has 0 unspecified atom stereocenters. The van der Waals surface area contributed by atoms with Crippen LogP contribution in [0.5, 0.6) is 5.75 Å². The van der Waals surface area contributed by atoms with Gasteiger partial charge in [0.15, 0.2) is 5.17 Å². The largest absolute Gasteiger partial charge is 0.487 e. The van der Waals surface area contributed by atoms with Crippen LogP contribution in [0.4, 0.5) is 0 Å². The minimum atomic E-state index is -0.175. The average molecular weight is 352 g/mol. The predicted octanol–water partition coefficient (Wildman–Crippen LogP) is 2.75. The first-order chi connectivity index (χ1) is 12.3. The number of pyridine rings is 1. The van der Waals surface area contributed by atoms with Crippen molar-refractivity contribution in [3.8, 4) is 5.75 Å². The third-order valence-corrected chi connectivity index (χ3v) is 4.59. The fourth-order valence-corrected chi connectivity index (χ4v) is 3.24. The Bertz CT molecular complexity index is 918. The fourth-order valence-electron chi connectivity index (χ4n) is 2.52. The molecule has 1 aliphatic rings. The van der Waals surface area contributed by atoms with Crippen molar-refractivity contribution < 1.29 is 9.53 Å². The van der Waals surface area contributed by atoms with Gasteiger partial charge in [0.25, 0.3) is 5.91 Å². The van der Waals surface area contributed by atoms with E-state index in [4.69, 9.17) is 4.74 Å². The molecule has 1 aliphatic heterocycles. The summed E-state index contributed by atoms with van der Waals surface area (Å²) < 4.78 is 7.74. The molecule has 1 N–H and O–H groups in total. The summed E-state index contributed by atoms with van der Waals surface area (Å²) in [5, 5.41) is 3.50. The maximum absolute atomic E-state index is 12.3. The van der Waals surface area contributed by atoms with Gasteiger partial charge in [-0.25, -0.2) is 4.98 Å². The van der Waals surface area contributed by atoms with Crippen molar-refractivity contribution in [1.29, 1.82) is 0 Å². The van der Waals surface area contributed by atoms with Gasteiger partial charge in [0, 0.05) is 23.7 Å². The van der Waals surface area contributed by atoms with E-state index in [9.17, 15) is 4.79 Å². The number of hydrogen-bond acceptors (Lipinski definition) is 5. The molecule has 0 saturated heterocycles. The molecule has 0 spiro atoms. The molecule has 1 aromatic carbocycles. The molecule has 0 saturated carbocycles. The second kappa shape index (κ2) is 6.98. The SMILES string of the molecule is O=C(NC1=NCCS1)c1cccc(OCc2cn3ccccc3n2)c1. The van der Waals surface area contributed by atoms with Crippen LogP contribution in [-0.2, 0) is 6.61 Å². The lowest BCUT2D eigenvalue weighted by Crippen LogP contribution is -2.27. The van der Waals surface area contributed by atoms with Gasteiger partial charge >= 0.3 is 0 Å². The monoisotopic (exact) mass is 352 g/mol. The van der Waals surface area contributed by atoms with Gasteiger partial charge in [-0.2, -0.15) is 0 Å². The van der Waals surface area contributed by atoms with E-state index in [0.29, 0.717) is 23.1 Å². The quantitative estimate of drug-likeness (QED) is 0.784. The number of carbonyl (C=O) groups excluding carboxylic acids is 1. The van der Waals surface area contributed by atoms with Crippen molar-refractivity contribution in [2.45, 2.75) is 6.61 Å². The number of nitrogens with one attached hydrogen (secondary N) is 1. The Labute approximate surface area is 148 Å². The van der Waals surface area contributed by atoms with E-state index in [1.165, 1.54) is 0 Å². The van der Waals surface area contributed by atoms with Crippen molar-refractivity contribution in [2.75, 3.05) is 12.3 Å². The highest BCUT2D eigenvalue weighted by molar-refractivity contribution is 8.14. The highest BCUT2D eigenvalue weighted by Crippen LogP contribution is 2.16. The van der Waals surface area contributed by atoms with Crippen LogP contribution in [0.15, 0.2) is 59.9 Å². The summed E-state index contributed by atoms with van der Waals surface area (Å²) >= 11 is 1.56. The van der Waals surface area contributed by atoms with Crippen LogP contribution < -0.4 is 10.1 Å². The number of fused-ring (bicyclic) bond motifs is 1. The van der Waals surface area contributed by atoms with Gasteiger partial charge in [-0.3, -0.25) is 9.79 Å². The number of amidine groups is 1. The highest BCUT2D eigenvalue weighted by atomic mass is 32.2. The zero-order valence-corrected chi connectivity index (χ0v) is 14.2. The molecule has 0 aliphatic carbocycles. The van der Waals surface area contributed by atoms with Crippen LogP contribution in [0, 0.1) is 0 Å². The van der Waals surface area contributed by atoms with Crippen LogP contribution in [-0.4, -0.2) is 32.8 Å². The van der Waals surface area contributed by atoms with Crippen molar-refractivity contribution in [3.05, 3.63) is 66.1 Å². The molecule has 3 heterocycles. The van der Waals surface area contributed by atoms with Crippen molar-refractivity contribution in [3.63, 3.8) is 0 Å². The number of carbonyl (C=O) groups is 1. The molecule has 126 valence electrons. The lowest BCUT2D eigenvalue weighted by atomic mass is 10.2. The normalized spacial score (nSPS) is 13.7. The molecular weight excluding hydrogens is 336 g/mol. The summed E-state index contributed by atoms with van der Waals surface area (Å²) in [5.41, 5.74) is 2.25. The summed E-state index contributed by atoms with van der Waals surface area (Å²) in [6.45, 7) is 1.09. The van der Waals surface area contributed by atoms with Gasteiger partial charge in [0.2, 0.25) is 0 Å². The Morgan fingerprint density at radius 2 is 2.24 bits per heavy atom. The van der Waals surface area contributed by atoms with Crippen LogP contribution in [0.25, 0.3) is 5.65 Å². The topological polar surface area (TPSA) is 68.0 Å². The number of benzene rings is 1. The van der Waals surface area contributed by atoms with Gasteiger partial charge in [-0.1, -0.05) is 23.9 Å². The standard InChI is InChI=1S/C18H16N4O2S/c23-17(21-18-19-7-9-25-18)13-4-3-5-15(10-13)24-12-14-11-22-8-2-1-6-16(22)20-14/h1-6,8,10-11H,7,9,12H2,(H,19,21,23). The van der Waals surface area contributed by atoms with Crippen molar-refractivity contribution in [2.24, 2.45) is 4.99 Å². The molecule has 1 amide bonds. The summed E-state index contributed by atoms with van der Waals surface area (Å²) in [7, 11) is 0. The van der Waals surface area contributed by atoms with E-state index in [0.717, 1.165) is 23.6 Å². The Morgan fingerprint density at radius 1 is 1.28 bits per heavy atom. The first-order valence-electron chi connectivity index (χ1n) is 7.92. The van der Waals surface area contributed by atoms with E-state index in [2.05, 4.69) is 15.3 Å². The zero-order chi connectivity index (χ0) is 17.1. The first kappa shape index (κ1) is 15.7. The molecule has 6 nitrogen and oxygen atoms in total. The van der Waals surface area contributed by atoms with Gasteiger partial charge in [0.1, 0.15) is 18.0 Å². The molecule has 0 radical (unpaired) electrons. The number of aromatic nitrogens is 2. The van der Waals surface area contributed by atoms with Crippen LogP contribution in [0.3, 0.4) is 0 Å². The minimum absolute atomic E-state index is 0.175. The Balaban J connectivity index is 1.43. The maximum Gasteiger partial charge on any atom is 0.257 e. The molecular formula is C18H16N4O2S. The lowest BCUT2D eigenvalue weighted by Gasteiger charge is -2.07. The highest BCUT2D eigenvalue weighted by Gasteiger charge is 2.13. The number of imidazole rings is 1. The summed E-state index contributed by atoms with van der Waals surface area (Å²) in [6.07, 6.45) is 3.88. The predicted molar refractivity (Wildman–Crippen MR) is 98.2 cm³/mol. The van der Waals surface area contributed by atoms with Gasteiger partial charge < -0.3 is 14.5 Å². The number of amides is 1. The number of ether oxygens (including phenoxy) is 1. The van der Waals surface area contributed by atoms with Gasteiger partial charge in [-0.15, -0.1) is 0 Å². The van der Waals surface area contributed by atoms with Crippen LogP contribution >= 0.6 is 11.8 Å². The molecule has 0 bridgehead atoms. The smallest absolute Gasteiger partial charge is 0.257 e. The number of hydrogen-bond donors (Lipinski definition) is 1. The van der Waals surface area contributed by atoms with Crippen molar-refractivity contribution >= 4 is 28.5 Å². The van der Waals surface area contributed by atoms with E-state index < -0.39 is 0 Å². The average Bonchev–Trinajstić information content (AvgIpc) is 3.29. The third kappa shape index (κ3) is 3.66. The van der Waals surface area contributed by atoms with Gasteiger partial charge in [-0.05, 0) is 30.3 Å². The molecule has 3 aromatic rings. The molecule has 0 fully saturated rings. The fraction of sp³-hybridized carbons (Fsp3) is 0.167. The van der Waals surface area contributed by atoms with E-state index in [-0.39, 0.29) is 5.91 Å². The summed E-state index contributed by atoms with van der Waals surface area (Å²) in [6, 6.07) is 13.0. The summed E-state index contributed by atoms with van der Waals surface area (Å²) in [4.78, 5) is 21.0. The maximum atomic E-state index is 12.3. The third-order valence-electron chi connectivity index (χ3n) is 3.70. The lowest BCUT2D eigenvalue weighted by molar-refractivity contribution is 0.0977. The van der Waals surface area contributed by atoms with E-state index in [1.54, 1.807) is 30.0 Å². The molecule has 7 heteroatoms. The Hall–Kier alpha value is -2.80. The molecule has 4 rings (SSSR count). The van der Waals surface area contributed by atoms with E-state index in [1.807, 2.05) is 41.1 Å². The van der Waals surface area contributed by atoms with Gasteiger partial charge in [0.05, 0.1) is 12.2 Å². The Morgan fingerprint density at radius 3 is 3.08 bits per heavy atom. The molecule has 0 atom stereocenters. The molecule has 2 aromatic heterocycles. The van der Waals surface area contributed by atoms with Crippen LogP contribution in [0.2, 0.25) is 0 Å². The number of rotatable bonds is 4. The zero-order valence-electron chi connectivity index (χ0n) is 13.4. The first-order valence-corrected chi connectivity index (χ1v) is 8.90. The number of aliphatic imine (C=N–C) groups is 1. The van der Waals surface area contributed by atoms with Crippen molar-refractivity contribution in [1.82, 2.24) is 14.7 Å². The summed E-state index contributed by atoms with van der Waals surface area (Å²) in [5.74, 6) is 1.37. The number of nitrogens with zero attached hydrogens (tertiary/aromatic N) is 3. The van der Waals surface area contributed by atoms with Crippen LogP contribution in [0.1, 0.15) is 16.1 Å². The Kier molecular flexibility index (Phi) is 4.39.